The second-order valence-corrected chi connectivity index (χ2v) is 4.98. The van der Waals surface area contributed by atoms with E-state index in [0.717, 1.165) is 31.8 Å². The van der Waals surface area contributed by atoms with Gasteiger partial charge in [-0.2, -0.15) is 0 Å². The fourth-order valence-corrected chi connectivity index (χ4v) is 2.66. The zero-order chi connectivity index (χ0) is 8.97. The Morgan fingerprint density at radius 2 is 2.42 bits per heavy atom. The van der Waals surface area contributed by atoms with E-state index in [2.05, 4.69) is 4.31 Å². The Hall–Kier alpha value is 0.0700. The molecule has 1 saturated heterocycles. The minimum Gasteiger partial charge on any atom is -0.330 e. The Morgan fingerprint density at radius 3 is 3.00 bits per heavy atom. The second-order valence-electron chi connectivity index (χ2n) is 3.24. The number of piperidine rings is 1. The van der Waals surface area contributed by atoms with Crippen molar-refractivity contribution in [2.75, 3.05) is 25.4 Å². The molecular weight excluding hydrogens is 172 g/mol. The molecule has 1 rings (SSSR count). The molecule has 0 spiro atoms. The molecule has 4 heteroatoms. The van der Waals surface area contributed by atoms with Gasteiger partial charge in [0.1, 0.15) is 0 Å². The van der Waals surface area contributed by atoms with E-state index in [4.69, 9.17) is 5.73 Å². The Bertz CT molecular complexity index is 163. The van der Waals surface area contributed by atoms with Crippen molar-refractivity contribution in [3.05, 3.63) is 0 Å². The smallest absolute Gasteiger partial charge is 0.0939 e. The molecule has 3 nitrogen and oxygen atoms in total. The first-order chi connectivity index (χ1) is 5.77. The van der Waals surface area contributed by atoms with Crippen LogP contribution in [0.15, 0.2) is 0 Å². The first-order valence-corrected chi connectivity index (χ1v) is 5.89. The van der Waals surface area contributed by atoms with Crippen LogP contribution >= 0.6 is 0 Å². The van der Waals surface area contributed by atoms with Crippen LogP contribution in [-0.4, -0.2) is 33.9 Å². The molecule has 0 aromatic carbocycles. The van der Waals surface area contributed by atoms with E-state index >= 15 is 0 Å². The predicted octanol–water partition coefficient (Wildman–Crippen LogP) is 0.341. The van der Waals surface area contributed by atoms with Gasteiger partial charge >= 0.3 is 0 Å². The maximum absolute atomic E-state index is 11.4. The molecule has 0 bridgehead atoms. The fourth-order valence-electron chi connectivity index (χ4n) is 1.59. The van der Waals surface area contributed by atoms with Gasteiger partial charge in [0.15, 0.2) is 0 Å². The monoisotopic (exact) mass is 190 g/mol. The minimum atomic E-state index is -0.758. The highest BCUT2D eigenvalue weighted by atomic mass is 32.2. The van der Waals surface area contributed by atoms with E-state index in [9.17, 15) is 4.21 Å². The van der Waals surface area contributed by atoms with Crippen LogP contribution in [0.5, 0.6) is 0 Å². The molecule has 0 amide bonds. The molecule has 12 heavy (non-hydrogen) atoms. The van der Waals surface area contributed by atoms with Gasteiger partial charge < -0.3 is 5.73 Å². The molecular formula is C8H18N2OS. The maximum Gasteiger partial charge on any atom is 0.0939 e. The summed E-state index contributed by atoms with van der Waals surface area (Å²) >= 11 is 0. The lowest BCUT2D eigenvalue weighted by Crippen LogP contribution is -2.39. The molecule has 1 heterocycles. The van der Waals surface area contributed by atoms with Crippen molar-refractivity contribution in [3.63, 3.8) is 0 Å². The SMILES string of the molecule is CCS(=O)N1CCCC(CN)C1. The summed E-state index contributed by atoms with van der Waals surface area (Å²) in [7, 11) is -0.758. The zero-order valence-electron chi connectivity index (χ0n) is 7.66. The number of hydrogen-bond donors (Lipinski definition) is 1. The van der Waals surface area contributed by atoms with E-state index < -0.39 is 11.0 Å². The van der Waals surface area contributed by atoms with Crippen molar-refractivity contribution >= 4 is 11.0 Å². The average Bonchev–Trinajstić information content (AvgIpc) is 2.17. The molecule has 0 aliphatic carbocycles. The summed E-state index contributed by atoms with van der Waals surface area (Å²) in [6.45, 7) is 4.60. The lowest BCUT2D eigenvalue weighted by Gasteiger charge is -2.30. The first kappa shape index (κ1) is 10.2. The summed E-state index contributed by atoms with van der Waals surface area (Å²) in [6.07, 6.45) is 2.35. The maximum atomic E-state index is 11.4. The van der Waals surface area contributed by atoms with Gasteiger partial charge in [-0.1, -0.05) is 6.92 Å². The summed E-state index contributed by atoms with van der Waals surface area (Å²) < 4.78 is 13.5. The van der Waals surface area contributed by atoms with Gasteiger partial charge in [0.2, 0.25) is 0 Å². The zero-order valence-corrected chi connectivity index (χ0v) is 8.48. The highest BCUT2D eigenvalue weighted by Gasteiger charge is 2.21. The minimum absolute atomic E-state index is 0.564. The molecule has 1 aliphatic rings. The first-order valence-electron chi connectivity index (χ1n) is 4.61. The quantitative estimate of drug-likeness (QED) is 0.697. The summed E-state index contributed by atoms with van der Waals surface area (Å²) in [4.78, 5) is 0. The van der Waals surface area contributed by atoms with Gasteiger partial charge in [0.25, 0.3) is 0 Å². The Balaban J connectivity index is 2.40. The normalized spacial score (nSPS) is 28.7. The Kier molecular flexibility index (Phi) is 4.18. The van der Waals surface area contributed by atoms with E-state index in [-0.39, 0.29) is 0 Å². The average molecular weight is 190 g/mol. The van der Waals surface area contributed by atoms with Crippen molar-refractivity contribution in [2.45, 2.75) is 19.8 Å². The number of nitrogens with zero attached hydrogens (tertiary/aromatic N) is 1. The van der Waals surface area contributed by atoms with Crippen LogP contribution in [0.4, 0.5) is 0 Å². The lowest BCUT2D eigenvalue weighted by atomic mass is 10.0. The molecule has 72 valence electrons. The van der Waals surface area contributed by atoms with Crippen LogP contribution in [0, 0.1) is 5.92 Å². The van der Waals surface area contributed by atoms with Crippen LogP contribution in [0.2, 0.25) is 0 Å². The van der Waals surface area contributed by atoms with Gasteiger partial charge in [-0.15, -0.1) is 0 Å². The molecule has 2 unspecified atom stereocenters. The van der Waals surface area contributed by atoms with Crippen LogP contribution in [0.1, 0.15) is 19.8 Å². The molecule has 1 fully saturated rings. The Morgan fingerprint density at radius 1 is 1.67 bits per heavy atom. The van der Waals surface area contributed by atoms with Gasteiger partial charge in [-0.3, -0.25) is 0 Å². The molecule has 0 aromatic rings. The van der Waals surface area contributed by atoms with Gasteiger partial charge in [-0.05, 0) is 25.3 Å². The van der Waals surface area contributed by atoms with E-state index in [1.54, 1.807) is 0 Å². The van der Waals surface area contributed by atoms with Crippen molar-refractivity contribution in [3.8, 4) is 0 Å². The van der Waals surface area contributed by atoms with Gasteiger partial charge in [0, 0.05) is 18.8 Å². The molecule has 1 aliphatic heterocycles. The predicted molar refractivity (Wildman–Crippen MR) is 52.0 cm³/mol. The van der Waals surface area contributed by atoms with Crippen LogP contribution in [0.25, 0.3) is 0 Å². The summed E-state index contributed by atoms with van der Waals surface area (Å²) in [5, 5.41) is 0. The third kappa shape index (κ3) is 2.54. The largest absolute Gasteiger partial charge is 0.330 e. The molecule has 0 saturated carbocycles. The van der Waals surface area contributed by atoms with Crippen molar-refractivity contribution in [1.82, 2.24) is 4.31 Å². The molecule has 0 aromatic heterocycles. The third-order valence-corrected chi connectivity index (χ3v) is 3.75. The van der Waals surface area contributed by atoms with Gasteiger partial charge in [-0.25, -0.2) is 8.51 Å². The number of hydrogen-bond acceptors (Lipinski definition) is 2. The summed E-state index contributed by atoms with van der Waals surface area (Å²) in [6, 6.07) is 0. The standard InChI is InChI=1S/C8H18N2OS/c1-2-12(11)10-5-3-4-8(6-9)7-10/h8H,2-7,9H2,1H3. The molecule has 2 atom stereocenters. The van der Waals surface area contributed by atoms with Crippen LogP contribution < -0.4 is 5.73 Å². The summed E-state index contributed by atoms with van der Waals surface area (Å²) in [5.41, 5.74) is 5.58. The second kappa shape index (κ2) is 4.94. The molecule has 2 N–H and O–H groups in total. The Labute approximate surface area is 76.9 Å². The van der Waals surface area contributed by atoms with E-state index in [0.29, 0.717) is 5.92 Å². The van der Waals surface area contributed by atoms with Crippen molar-refractivity contribution < 1.29 is 4.21 Å². The topological polar surface area (TPSA) is 46.3 Å². The fraction of sp³-hybridized carbons (Fsp3) is 1.00. The van der Waals surface area contributed by atoms with Gasteiger partial charge in [0.05, 0.1) is 11.0 Å². The van der Waals surface area contributed by atoms with Crippen LogP contribution in [-0.2, 0) is 11.0 Å². The number of rotatable bonds is 3. The van der Waals surface area contributed by atoms with E-state index in [1.165, 1.54) is 6.42 Å². The number of nitrogens with two attached hydrogens (primary N) is 1. The van der Waals surface area contributed by atoms with Crippen molar-refractivity contribution in [2.24, 2.45) is 11.7 Å². The highest BCUT2D eigenvalue weighted by Crippen LogP contribution is 2.16. The van der Waals surface area contributed by atoms with Crippen LogP contribution in [0.3, 0.4) is 0 Å². The lowest BCUT2D eigenvalue weighted by molar-refractivity contribution is 0.282. The van der Waals surface area contributed by atoms with Crippen molar-refractivity contribution in [1.29, 1.82) is 0 Å². The summed E-state index contributed by atoms with van der Waals surface area (Å²) in [5.74, 6) is 1.30. The molecule has 0 radical (unpaired) electrons. The third-order valence-electron chi connectivity index (χ3n) is 2.35. The highest BCUT2D eigenvalue weighted by molar-refractivity contribution is 7.82. The van der Waals surface area contributed by atoms with E-state index in [1.807, 2.05) is 6.92 Å².